The number of hydrogen-bond acceptors (Lipinski definition) is 3. The Labute approximate surface area is 132 Å². The lowest BCUT2D eigenvalue weighted by molar-refractivity contribution is -0.116. The summed E-state index contributed by atoms with van der Waals surface area (Å²) < 4.78 is 0. The molecule has 112 valence electrons. The number of aromatic nitrogens is 2. The van der Waals surface area contributed by atoms with Gasteiger partial charge in [-0.15, -0.1) is 0 Å². The number of rotatable bonds is 7. The van der Waals surface area contributed by atoms with Crippen LogP contribution in [0.25, 0.3) is 11.3 Å². The third-order valence-corrected chi connectivity index (χ3v) is 3.67. The van der Waals surface area contributed by atoms with Gasteiger partial charge in [-0.05, 0) is 30.5 Å². The molecule has 0 fully saturated rings. The third-order valence-electron chi connectivity index (χ3n) is 3.11. The Kier molecular flexibility index (Phi) is 5.80. The third kappa shape index (κ3) is 4.90. The molecule has 4 N–H and O–H groups in total. The van der Waals surface area contributed by atoms with Crippen molar-refractivity contribution in [1.82, 2.24) is 9.97 Å². The van der Waals surface area contributed by atoms with E-state index < -0.39 is 0 Å². The van der Waals surface area contributed by atoms with Crippen LogP contribution in [-0.2, 0) is 4.79 Å². The van der Waals surface area contributed by atoms with E-state index in [9.17, 15) is 4.79 Å². The van der Waals surface area contributed by atoms with Crippen molar-refractivity contribution in [2.75, 3.05) is 16.4 Å². The van der Waals surface area contributed by atoms with E-state index in [0.29, 0.717) is 12.4 Å². The molecule has 2 rings (SSSR count). The van der Waals surface area contributed by atoms with Crippen LogP contribution in [0.3, 0.4) is 0 Å². The first-order valence-electron chi connectivity index (χ1n) is 6.96. The number of alkyl halides is 1. The molecule has 0 bridgehead atoms. The van der Waals surface area contributed by atoms with E-state index in [1.54, 1.807) is 6.20 Å². The van der Waals surface area contributed by atoms with Gasteiger partial charge in [0.15, 0.2) is 5.95 Å². The lowest BCUT2D eigenvalue weighted by Gasteiger charge is -2.06. The van der Waals surface area contributed by atoms with Crippen LogP contribution in [0, 0.1) is 0 Å². The lowest BCUT2D eigenvalue weighted by Crippen LogP contribution is -2.10. The van der Waals surface area contributed by atoms with Crippen LogP contribution >= 0.6 is 15.9 Å². The molecular weight excluding hydrogens is 332 g/mol. The maximum absolute atomic E-state index is 11.8. The summed E-state index contributed by atoms with van der Waals surface area (Å²) in [5.74, 6) is 0.453. The molecule has 21 heavy (non-hydrogen) atoms. The minimum absolute atomic E-state index is 0.0584. The summed E-state index contributed by atoms with van der Waals surface area (Å²) >= 11 is 3.38. The van der Waals surface area contributed by atoms with Gasteiger partial charge in [-0.2, -0.15) is 0 Å². The number of hydrogen-bond donors (Lipinski definition) is 3. The molecule has 0 saturated heterocycles. The number of H-pyrrole nitrogens is 1. The normalized spacial score (nSPS) is 10.5. The van der Waals surface area contributed by atoms with Crippen molar-refractivity contribution < 1.29 is 4.79 Å². The maximum atomic E-state index is 11.8. The molecule has 0 saturated carbocycles. The first-order chi connectivity index (χ1) is 10.2. The number of amides is 1. The molecule has 1 aromatic carbocycles. The van der Waals surface area contributed by atoms with Crippen molar-refractivity contribution >= 4 is 33.5 Å². The largest absolute Gasteiger partial charge is 0.369 e. The van der Waals surface area contributed by atoms with Gasteiger partial charge in [-0.25, -0.2) is 4.98 Å². The Morgan fingerprint density at radius 3 is 2.62 bits per heavy atom. The number of nitrogen functional groups attached to an aromatic ring is 1. The van der Waals surface area contributed by atoms with Crippen LogP contribution in [0.4, 0.5) is 11.6 Å². The van der Waals surface area contributed by atoms with Gasteiger partial charge in [-0.3, -0.25) is 4.79 Å². The monoisotopic (exact) mass is 350 g/mol. The standard InChI is InChI=1S/C15H19BrN4O/c16-9-3-1-2-4-14(21)19-12-7-5-11(6-8-12)13-10-18-15(17)20-13/h5-8,10H,1-4,9H2,(H,19,21)(H3,17,18,20). The second kappa shape index (κ2) is 7.83. The number of carbonyl (C=O) groups is 1. The Balaban J connectivity index is 1.86. The smallest absolute Gasteiger partial charge is 0.224 e. The van der Waals surface area contributed by atoms with Crippen molar-refractivity contribution in [3.05, 3.63) is 30.5 Å². The highest BCUT2D eigenvalue weighted by Gasteiger charge is 2.04. The summed E-state index contributed by atoms with van der Waals surface area (Å²) in [5, 5.41) is 3.90. The van der Waals surface area contributed by atoms with Crippen LogP contribution in [0.1, 0.15) is 25.7 Å². The maximum Gasteiger partial charge on any atom is 0.224 e. The summed E-state index contributed by atoms with van der Waals surface area (Å²) in [7, 11) is 0. The van der Waals surface area contributed by atoms with Crippen molar-refractivity contribution in [3.8, 4) is 11.3 Å². The molecule has 0 spiro atoms. The zero-order valence-electron chi connectivity index (χ0n) is 11.7. The number of nitrogens with zero attached hydrogens (tertiary/aromatic N) is 1. The van der Waals surface area contributed by atoms with Crippen molar-refractivity contribution in [2.45, 2.75) is 25.7 Å². The average Bonchev–Trinajstić information content (AvgIpc) is 2.91. The summed E-state index contributed by atoms with van der Waals surface area (Å²) in [4.78, 5) is 18.7. The molecule has 0 aliphatic carbocycles. The summed E-state index contributed by atoms with van der Waals surface area (Å²) in [5.41, 5.74) is 8.20. The molecule has 0 aliphatic heterocycles. The second-order valence-electron chi connectivity index (χ2n) is 4.81. The van der Waals surface area contributed by atoms with Gasteiger partial charge in [-0.1, -0.05) is 34.5 Å². The lowest BCUT2D eigenvalue weighted by atomic mass is 10.1. The fourth-order valence-electron chi connectivity index (χ4n) is 2.00. The molecule has 0 aliphatic rings. The van der Waals surface area contributed by atoms with Gasteiger partial charge >= 0.3 is 0 Å². The number of anilines is 2. The number of carbonyl (C=O) groups excluding carboxylic acids is 1. The van der Waals surface area contributed by atoms with Crippen LogP contribution < -0.4 is 11.1 Å². The van der Waals surface area contributed by atoms with Gasteiger partial charge < -0.3 is 16.0 Å². The first-order valence-corrected chi connectivity index (χ1v) is 8.08. The number of nitrogens with one attached hydrogen (secondary N) is 2. The average molecular weight is 351 g/mol. The molecule has 1 aromatic heterocycles. The highest BCUT2D eigenvalue weighted by molar-refractivity contribution is 9.09. The van der Waals surface area contributed by atoms with Crippen LogP contribution in [-0.4, -0.2) is 21.2 Å². The molecule has 1 amide bonds. The van der Waals surface area contributed by atoms with Gasteiger partial charge in [0.25, 0.3) is 0 Å². The predicted molar refractivity (Wildman–Crippen MR) is 89.3 cm³/mol. The van der Waals surface area contributed by atoms with Gasteiger partial charge in [0.05, 0.1) is 11.9 Å². The van der Waals surface area contributed by atoms with E-state index in [-0.39, 0.29) is 5.91 Å². The molecular formula is C15H19BrN4O. The Morgan fingerprint density at radius 1 is 1.24 bits per heavy atom. The number of nitrogens with two attached hydrogens (primary N) is 1. The van der Waals surface area contributed by atoms with E-state index in [0.717, 1.165) is 41.5 Å². The number of benzene rings is 1. The fraction of sp³-hybridized carbons (Fsp3) is 0.333. The fourth-order valence-corrected chi connectivity index (χ4v) is 2.39. The summed E-state index contributed by atoms with van der Waals surface area (Å²) in [6.45, 7) is 0. The Hall–Kier alpha value is -1.82. The van der Waals surface area contributed by atoms with Crippen molar-refractivity contribution in [1.29, 1.82) is 0 Å². The number of imidazole rings is 1. The van der Waals surface area contributed by atoms with Crippen LogP contribution in [0.2, 0.25) is 0 Å². The first kappa shape index (κ1) is 15.6. The summed E-state index contributed by atoms with van der Waals surface area (Å²) in [6.07, 6.45) is 5.34. The predicted octanol–water partition coefficient (Wildman–Crippen LogP) is 3.55. The molecule has 0 unspecified atom stereocenters. The molecule has 2 aromatic rings. The van der Waals surface area contributed by atoms with E-state index in [4.69, 9.17) is 5.73 Å². The van der Waals surface area contributed by atoms with Crippen molar-refractivity contribution in [3.63, 3.8) is 0 Å². The zero-order valence-corrected chi connectivity index (χ0v) is 13.3. The quantitative estimate of drug-likeness (QED) is 0.527. The summed E-state index contributed by atoms with van der Waals surface area (Å²) in [6, 6.07) is 7.60. The van der Waals surface area contributed by atoms with Crippen LogP contribution in [0.15, 0.2) is 30.5 Å². The SMILES string of the molecule is Nc1ncc(-c2ccc(NC(=O)CCCCCBr)cc2)[nH]1. The Morgan fingerprint density at radius 2 is 2.00 bits per heavy atom. The van der Waals surface area contributed by atoms with E-state index in [2.05, 4.69) is 31.2 Å². The van der Waals surface area contributed by atoms with Gasteiger partial charge in [0.2, 0.25) is 5.91 Å². The minimum atomic E-state index is 0.0584. The number of aromatic amines is 1. The molecule has 6 heteroatoms. The highest BCUT2D eigenvalue weighted by atomic mass is 79.9. The van der Waals surface area contributed by atoms with Crippen molar-refractivity contribution in [2.24, 2.45) is 0 Å². The topological polar surface area (TPSA) is 83.8 Å². The molecule has 0 radical (unpaired) electrons. The van der Waals surface area contributed by atoms with Gasteiger partial charge in [0.1, 0.15) is 0 Å². The van der Waals surface area contributed by atoms with Gasteiger partial charge in [0, 0.05) is 17.4 Å². The second-order valence-corrected chi connectivity index (χ2v) is 5.60. The van der Waals surface area contributed by atoms with E-state index in [1.807, 2.05) is 24.3 Å². The zero-order chi connectivity index (χ0) is 15.1. The number of halogens is 1. The Bertz CT molecular complexity index is 580. The highest BCUT2D eigenvalue weighted by Crippen LogP contribution is 2.20. The molecule has 0 atom stereocenters. The van der Waals surface area contributed by atoms with E-state index in [1.165, 1.54) is 0 Å². The molecule has 5 nitrogen and oxygen atoms in total. The minimum Gasteiger partial charge on any atom is -0.369 e. The number of unbranched alkanes of at least 4 members (excludes halogenated alkanes) is 2. The van der Waals surface area contributed by atoms with E-state index >= 15 is 0 Å². The molecule has 1 heterocycles. The van der Waals surface area contributed by atoms with Crippen LogP contribution in [0.5, 0.6) is 0 Å².